The van der Waals surface area contributed by atoms with Gasteiger partial charge in [-0.25, -0.2) is 0 Å². The van der Waals surface area contributed by atoms with Crippen LogP contribution in [0.3, 0.4) is 0 Å². The summed E-state index contributed by atoms with van der Waals surface area (Å²) in [7, 11) is 0. The lowest BCUT2D eigenvalue weighted by Gasteiger charge is -1.92. The molecule has 0 atom stereocenters. The fraction of sp³-hybridized carbons (Fsp3) is 0.111. The van der Waals surface area contributed by atoms with Gasteiger partial charge in [0.1, 0.15) is 0 Å². The van der Waals surface area contributed by atoms with E-state index in [-0.39, 0.29) is 0 Å². The summed E-state index contributed by atoms with van der Waals surface area (Å²) < 4.78 is 4.12. The molecule has 0 bridgehead atoms. The molecule has 0 nitrogen and oxygen atoms in total. The molecule has 0 radical (unpaired) electrons. The van der Waals surface area contributed by atoms with Gasteiger partial charge in [-0.1, -0.05) is 0 Å². The minimum Gasteiger partial charge on any atom is -0.129 e. The Morgan fingerprint density at radius 3 is 2.75 bits per heavy atom. The largest absolute Gasteiger partial charge is 0.129 e. The van der Waals surface area contributed by atoms with Crippen LogP contribution >= 0.6 is 56.5 Å². The quantitative estimate of drug-likeness (QED) is 0.575. The van der Waals surface area contributed by atoms with E-state index in [2.05, 4.69) is 70.3 Å². The van der Waals surface area contributed by atoms with Gasteiger partial charge in [0.05, 0.1) is 2.88 Å². The van der Waals surface area contributed by atoms with E-state index in [1.54, 1.807) is 0 Å². The van der Waals surface area contributed by atoms with Gasteiger partial charge in [0, 0.05) is 8.27 Å². The molecule has 0 aliphatic carbocycles. The molecule has 0 fully saturated rings. The molecular formula is C9H6I2S. The molecule has 0 saturated carbocycles. The van der Waals surface area contributed by atoms with Crippen LogP contribution in [0, 0.1) is 13.4 Å². The predicted octanol–water partition coefficient (Wildman–Crippen LogP) is 4.42. The minimum atomic E-state index is 1.32. The SMILES string of the molecule is Cc1c(I)sc2ccc(I)cc12. The molecule has 0 aliphatic heterocycles. The van der Waals surface area contributed by atoms with E-state index < -0.39 is 0 Å². The second-order valence-electron chi connectivity index (χ2n) is 2.64. The number of hydrogen-bond acceptors (Lipinski definition) is 1. The van der Waals surface area contributed by atoms with Gasteiger partial charge >= 0.3 is 0 Å². The second-order valence-corrected chi connectivity index (χ2v) is 6.75. The average molecular weight is 400 g/mol. The van der Waals surface area contributed by atoms with E-state index in [0.29, 0.717) is 0 Å². The Morgan fingerprint density at radius 2 is 2.00 bits per heavy atom. The Kier molecular flexibility index (Phi) is 2.62. The molecule has 1 aromatic heterocycles. The van der Waals surface area contributed by atoms with Crippen molar-refractivity contribution in [2.45, 2.75) is 6.92 Å². The minimum absolute atomic E-state index is 1.32. The summed E-state index contributed by atoms with van der Waals surface area (Å²) in [5, 5.41) is 1.41. The van der Waals surface area contributed by atoms with Gasteiger partial charge in [-0.05, 0) is 81.3 Å². The summed E-state index contributed by atoms with van der Waals surface area (Å²) in [5.41, 5.74) is 1.43. The average Bonchev–Trinajstić information content (AvgIpc) is 2.31. The molecule has 2 aromatic rings. The van der Waals surface area contributed by atoms with Gasteiger partial charge in [-0.2, -0.15) is 0 Å². The first kappa shape index (κ1) is 9.21. The summed E-state index contributed by atoms with van der Waals surface area (Å²) in [4.78, 5) is 0. The van der Waals surface area contributed by atoms with Crippen molar-refractivity contribution in [1.82, 2.24) is 0 Å². The highest BCUT2D eigenvalue weighted by molar-refractivity contribution is 14.1. The zero-order valence-electron chi connectivity index (χ0n) is 6.40. The van der Waals surface area contributed by atoms with E-state index in [0.717, 1.165) is 0 Å². The summed E-state index contributed by atoms with van der Waals surface area (Å²) in [6.07, 6.45) is 0. The molecule has 0 N–H and O–H groups in total. The molecule has 0 spiro atoms. The van der Waals surface area contributed by atoms with Crippen LogP contribution in [-0.4, -0.2) is 0 Å². The molecule has 0 saturated heterocycles. The predicted molar refractivity (Wildman–Crippen MR) is 72.0 cm³/mol. The lowest BCUT2D eigenvalue weighted by Crippen LogP contribution is -1.72. The first-order valence-electron chi connectivity index (χ1n) is 3.52. The first-order valence-corrected chi connectivity index (χ1v) is 6.50. The zero-order chi connectivity index (χ0) is 8.72. The van der Waals surface area contributed by atoms with E-state index in [1.807, 2.05) is 11.3 Å². The molecular weight excluding hydrogens is 394 g/mol. The third kappa shape index (κ3) is 1.50. The highest BCUT2D eigenvalue weighted by Gasteiger charge is 2.05. The van der Waals surface area contributed by atoms with Crippen LogP contribution in [0.1, 0.15) is 5.56 Å². The lowest BCUT2D eigenvalue weighted by molar-refractivity contribution is 1.56. The molecule has 0 amide bonds. The first-order chi connectivity index (χ1) is 5.68. The Hall–Kier alpha value is 0.640. The number of rotatable bonds is 0. The van der Waals surface area contributed by atoms with Crippen LogP contribution in [0.5, 0.6) is 0 Å². The molecule has 3 heteroatoms. The monoisotopic (exact) mass is 400 g/mol. The third-order valence-electron chi connectivity index (χ3n) is 1.84. The summed E-state index contributed by atoms with van der Waals surface area (Å²) in [5.74, 6) is 0. The van der Waals surface area contributed by atoms with Gasteiger partial charge in [0.25, 0.3) is 0 Å². The Balaban J connectivity index is 2.88. The normalized spacial score (nSPS) is 10.9. The van der Waals surface area contributed by atoms with Gasteiger partial charge in [0.15, 0.2) is 0 Å². The maximum absolute atomic E-state index is 2.41. The van der Waals surface area contributed by atoms with Crippen molar-refractivity contribution in [2.24, 2.45) is 0 Å². The Labute approximate surface area is 103 Å². The smallest absolute Gasteiger partial charge is 0.0695 e. The zero-order valence-corrected chi connectivity index (χ0v) is 11.5. The lowest BCUT2D eigenvalue weighted by atomic mass is 10.2. The molecule has 12 heavy (non-hydrogen) atoms. The molecule has 62 valence electrons. The van der Waals surface area contributed by atoms with Gasteiger partial charge < -0.3 is 0 Å². The van der Waals surface area contributed by atoms with Crippen LogP contribution < -0.4 is 0 Å². The third-order valence-corrected chi connectivity index (χ3v) is 5.04. The highest BCUT2D eigenvalue weighted by Crippen LogP contribution is 2.32. The van der Waals surface area contributed by atoms with Crippen LogP contribution in [-0.2, 0) is 0 Å². The Morgan fingerprint density at radius 1 is 1.25 bits per heavy atom. The Bertz CT molecular complexity index is 431. The standard InChI is InChI=1S/C9H6I2S/c1-5-7-4-6(10)2-3-8(7)12-9(5)11/h2-4H,1H3. The van der Waals surface area contributed by atoms with E-state index in [1.165, 1.54) is 22.1 Å². The number of halogens is 2. The van der Waals surface area contributed by atoms with Crippen molar-refractivity contribution in [2.75, 3.05) is 0 Å². The van der Waals surface area contributed by atoms with Crippen molar-refractivity contribution >= 4 is 66.6 Å². The molecule has 1 heterocycles. The van der Waals surface area contributed by atoms with E-state index in [9.17, 15) is 0 Å². The van der Waals surface area contributed by atoms with Gasteiger partial charge in [0.2, 0.25) is 0 Å². The molecule has 2 rings (SSSR count). The van der Waals surface area contributed by atoms with Crippen molar-refractivity contribution in [1.29, 1.82) is 0 Å². The number of benzene rings is 1. The van der Waals surface area contributed by atoms with E-state index in [4.69, 9.17) is 0 Å². The molecule has 0 unspecified atom stereocenters. The van der Waals surface area contributed by atoms with Crippen LogP contribution in [0.4, 0.5) is 0 Å². The highest BCUT2D eigenvalue weighted by atomic mass is 127. The van der Waals surface area contributed by atoms with Crippen molar-refractivity contribution < 1.29 is 0 Å². The van der Waals surface area contributed by atoms with Crippen LogP contribution in [0.2, 0.25) is 0 Å². The maximum Gasteiger partial charge on any atom is 0.0695 e. The maximum atomic E-state index is 2.41. The van der Waals surface area contributed by atoms with Gasteiger partial charge in [-0.3, -0.25) is 0 Å². The topological polar surface area (TPSA) is 0 Å². The summed E-state index contributed by atoms with van der Waals surface area (Å²) in [6, 6.07) is 6.62. The van der Waals surface area contributed by atoms with Crippen molar-refractivity contribution in [3.8, 4) is 0 Å². The fourth-order valence-electron chi connectivity index (χ4n) is 1.16. The van der Waals surface area contributed by atoms with E-state index >= 15 is 0 Å². The van der Waals surface area contributed by atoms with Crippen molar-refractivity contribution in [3.63, 3.8) is 0 Å². The van der Waals surface area contributed by atoms with Gasteiger partial charge in [-0.15, -0.1) is 11.3 Å². The number of aryl methyl sites for hydroxylation is 1. The van der Waals surface area contributed by atoms with Crippen LogP contribution in [0.15, 0.2) is 18.2 Å². The number of fused-ring (bicyclic) bond motifs is 1. The number of thiophene rings is 1. The van der Waals surface area contributed by atoms with Crippen molar-refractivity contribution in [3.05, 3.63) is 30.2 Å². The molecule has 0 aliphatic rings. The molecule has 1 aromatic carbocycles. The summed E-state index contributed by atoms with van der Waals surface area (Å²) in [6.45, 7) is 2.19. The number of hydrogen-bond donors (Lipinski definition) is 0. The second kappa shape index (κ2) is 3.42. The van der Waals surface area contributed by atoms with Crippen LogP contribution in [0.25, 0.3) is 10.1 Å². The summed E-state index contributed by atoms with van der Waals surface area (Å²) >= 11 is 6.63. The fourth-order valence-corrected chi connectivity index (χ4v) is 3.57.